The lowest BCUT2D eigenvalue weighted by Gasteiger charge is -2.16. The molecule has 0 radical (unpaired) electrons. The number of nitrogens with one attached hydrogen (secondary N) is 2. The third kappa shape index (κ3) is 3.33. The standard InChI is InChI=1S/C20H20N6O2S/c1-11(2)10-26-15(21)13(18(27)24-20-22-6-8-29-20)9-14-17(26)23-16-12(3)5-4-7-25(16)19(14)28/h4-9,11,21H,10H2,1-3H3,(H,22,24,27). The van der Waals surface area contributed by atoms with Crippen molar-refractivity contribution in [2.45, 2.75) is 27.3 Å². The first-order chi connectivity index (χ1) is 13.9. The van der Waals surface area contributed by atoms with Crippen molar-refractivity contribution in [3.05, 3.63) is 62.9 Å². The summed E-state index contributed by atoms with van der Waals surface area (Å²) >= 11 is 1.29. The third-order valence-electron chi connectivity index (χ3n) is 4.58. The first-order valence-electron chi connectivity index (χ1n) is 9.17. The molecule has 0 fully saturated rings. The summed E-state index contributed by atoms with van der Waals surface area (Å²) in [5.41, 5.74) is 1.68. The molecule has 4 aromatic heterocycles. The van der Waals surface area contributed by atoms with Crippen LogP contribution in [0.5, 0.6) is 0 Å². The van der Waals surface area contributed by atoms with Gasteiger partial charge in [-0.2, -0.15) is 0 Å². The largest absolute Gasteiger partial charge is 0.310 e. The first-order valence-corrected chi connectivity index (χ1v) is 10.1. The summed E-state index contributed by atoms with van der Waals surface area (Å²) < 4.78 is 3.12. The van der Waals surface area contributed by atoms with E-state index >= 15 is 0 Å². The summed E-state index contributed by atoms with van der Waals surface area (Å²) in [6.07, 6.45) is 3.25. The molecule has 0 atom stereocenters. The number of hydrogen-bond donors (Lipinski definition) is 2. The second-order valence-corrected chi connectivity index (χ2v) is 8.14. The van der Waals surface area contributed by atoms with Gasteiger partial charge in [-0.15, -0.1) is 11.3 Å². The molecule has 29 heavy (non-hydrogen) atoms. The molecular formula is C20H20N6O2S. The van der Waals surface area contributed by atoms with Crippen molar-refractivity contribution in [2.24, 2.45) is 5.92 Å². The summed E-state index contributed by atoms with van der Waals surface area (Å²) in [5.74, 6) is -0.278. The maximum Gasteiger partial charge on any atom is 0.267 e. The molecule has 4 aromatic rings. The van der Waals surface area contributed by atoms with Gasteiger partial charge in [0.25, 0.3) is 11.5 Å². The number of thiazole rings is 1. The maximum atomic E-state index is 13.2. The summed E-state index contributed by atoms with van der Waals surface area (Å²) in [6.45, 7) is 6.37. The van der Waals surface area contributed by atoms with Crippen LogP contribution in [0.2, 0.25) is 0 Å². The number of carbonyl (C=O) groups is 1. The second kappa shape index (κ2) is 7.25. The lowest BCUT2D eigenvalue weighted by Crippen LogP contribution is -2.33. The van der Waals surface area contributed by atoms with Crippen LogP contribution in [-0.4, -0.2) is 24.8 Å². The quantitative estimate of drug-likeness (QED) is 0.507. The van der Waals surface area contributed by atoms with Gasteiger partial charge in [-0.1, -0.05) is 19.9 Å². The van der Waals surface area contributed by atoms with Gasteiger partial charge in [0.2, 0.25) is 0 Å². The number of pyridine rings is 2. The van der Waals surface area contributed by atoms with Crippen LogP contribution in [0.1, 0.15) is 29.8 Å². The Kier molecular flexibility index (Phi) is 4.75. The fourth-order valence-electron chi connectivity index (χ4n) is 3.26. The summed E-state index contributed by atoms with van der Waals surface area (Å²) in [4.78, 5) is 34.8. The molecule has 2 N–H and O–H groups in total. The molecule has 4 heterocycles. The summed E-state index contributed by atoms with van der Waals surface area (Å²) in [6, 6.07) is 5.13. The van der Waals surface area contributed by atoms with Crippen LogP contribution in [0.3, 0.4) is 0 Å². The minimum Gasteiger partial charge on any atom is -0.310 e. The minimum absolute atomic E-state index is 0.0186. The van der Waals surface area contributed by atoms with Gasteiger partial charge in [0.1, 0.15) is 16.8 Å². The number of amides is 1. The van der Waals surface area contributed by atoms with E-state index in [1.807, 2.05) is 26.8 Å². The number of hydrogen-bond acceptors (Lipinski definition) is 6. The van der Waals surface area contributed by atoms with Crippen molar-refractivity contribution in [3.8, 4) is 0 Å². The molecular weight excluding hydrogens is 388 g/mol. The zero-order valence-corrected chi connectivity index (χ0v) is 17.1. The molecule has 0 bridgehead atoms. The number of carbonyl (C=O) groups excluding carboxylic acids is 1. The normalized spacial score (nSPS) is 11.4. The molecule has 0 spiro atoms. The number of nitrogens with zero attached hydrogens (tertiary/aromatic N) is 4. The zero-order valence-electron chi connectivity index (χ0n) is 16.3. The fourth-order valence-corrected chi connectivity index (χ4v) is 3.79. The van der Waals surface area contributed by atoms with E-state index < -0.39 is 5.91 Å². The van der Waals surface area contributed by atoms with E-state index in [0.717, 1.165) is 5.56 Å². The molecule has 0 unspecified atom stereocenters. The average Bonchev–Trinajstić information content (AvgIpc) is 3.18. The van der Waals surface area contributed by atoms with Crippen molar-refractivity contribution in [1.29, 1.82) is 5.41 Å². The van der Waals surface area contributed by atoms with Gasteiger partial charge in [-0.05, 0) is 30.5 Å². The van der Waals surface area contributed by atoms with Crippen LogP contribution in [0.4, 0.5) is 5.13 Å². The lowest BCUT2D eigenvalue weighted by atomic mass is 10.1. The van der Waals surface area contributed by atoms with Gasteiger partial charge in [-0.25, -0.2) is 9.97 Å². The Morgan fingerprint density at radius 2 is 2.14 bits per heavy atom. The predicted octanol–water partition coefficient (Wildman–Crippen LogP) is 2.80. The fraction of sp³-hybridized carbons (Fsp3) is 0.250. The highest BCUT2D eigenvalue weighted by molar-refractivity contribution is 7.13. The van der Waals surface area contributed by atoms with Gasteiger partial charge in [0.05, 0.1) is 10.9 Å². The lowest BCUT2D eigenvalue weighted by molar-refractivity contribution is 0.102. The molecule has 0 aliphatic rings. The Morgan fingerprint density at radius 1 is 1.34 bits per heavy atom. The van der Waals surface area contributed by atoms with Crippen molar-refractivity contribution in [2.75, 3.05) is 5.32 Å². The van der Waals surface area contributed by atoms with E-state index in [4.69, 9.17) is 10.4 Å². The maximum absolute atomic E-state index is 13.2. The predicted molar refractivity (Wildman–Crippen MR) is 112 cm³/mol. The van der Waals surface area contributed by atoms with Crippen LogP contribution in [-0.2, 0) is 6.54 Å². The Hall–Kier alpha value is -3.33. The van der Waals surface area contributed by atoms with Crippen molar-refractivity contribution >= 4 is 39.1 Å². The van der Waals surface area contributed by atoms with E-state index in [9.17, 15) is 9.59 Å². The Balaban J connectivity index is 2.03. The van der Waals surface area contributed by atoms with E-state index in [1.54, 1.807) is 28.4 Å². The average molecular weight is 408 g/mol. The molecule has 0 aliphatic heterocycles. The smallest absolute Gasteiger partial charge is 0.267 e. The SMILES string of the molecule is Cc1cccn2c(=O)c3cc(C(=O)Nc4nccs4)c(=N)n(CC(C)C)c3nc12. The van der Waals surface area contributed by atoms with Gasteiger partial charge in [0, 0.05) is 24.3 Å². The number of aryl methyl sites for hydroxylation is 1. The van der Waals surface area contributed by atoms with Crippen LogP contribution >= 0.6 is 11.3 Å². The van der Waals surface area contributed by atoms with Crippen LogP contribution in [0, 0.1) is 18.3 Å². The van der Waals surface area contributed by atoms with Gasteiger partial charge < -0.3 is 4.57 Å². The van der Waals surface area contributed by atoms with E-state index in [1.165, 1.54) is 21.8 Å². The van der Waals surface area contributed by atoms with E-state index in [0.29, 0.717) is 28.4 Å². The number of anilines is 1. The molecule has 9 heteroatoms. The Bertz CT molecular complexity index is 1350. The Morgan fingerprint density at radius 3 is 2.83 bits per heavy atom. The van der Waals surface area contributed by atoms with Gasteiger partial charge in [-0.3, -0.25) is 24.7 Å². The monoisotopic (exact) mass is 408 g/mol. The minimum atomic E-state index is -0.474. The first kappa shape index (κ1) is 19.0. The number of rotatable bonds is 4. The zero-order chi connectivity index (χ0) is 20.7. The highest BCUT2D eigenvalue weighted by Gasteiger charge is 2.19. The molecule has 0 aromatic carbocycles. The molecule has 1 amide bonds. The topological polar surface area (TPSA) is 105 Å². The molecule has 0 saturated carbocycles. The van der Waals surface area contributed by atoms with Gasteiger partial charge >= 0.3 is 0 Å². The second-order valence-electron chi connectivity index (χ2n) is 7.24. The van der Waals surface area contributed by atoms with Crippen molar-refractivity contribution < 1.29 is 4.79 Å². The molecule has 148 valence electrons. The van der Waals surface area contributed by atoms with Gasteiger partial charge in [0.15, 0.2) is 5.13 Å². The van der Waals surface area contributed by atoms with Crippen LogP contribution in [0.15, 0.2) is 40.8 Å². The van der Waals surface area contributed by atoms with Crippen LogP contribution < -0.4 is 16.4 Å². The number of fused-ring (bicyclic) bond motifs is 2. The highest BCUT2D eigenvalue weighted by Crippen LogP contribution is 2.16. The van der Waals surface area contributed by atoms with E-state index in [-0.39, 0.29) is 22.5 Å². The highest BCUT2D eigenvalue weighted by atomic mass is 32.1. The van der Waals surface area contributed by atoms with E-state index in [2.05, 4.69) is 10.3 Å². The van der Waals surface area contributed by atoms with Crippen LogP contribution in [0.25, 0.3) is 16.7 Å². The molecule has 0 aliphatic carbocycles. The molecule has 8 nitrogen and oxygen atoms in total. The summed E-state index contributed by atoms with van der Waals surface area (Å²) in [7, 11) is 0. The molecule has 4 rings (SSSR count). The third-order valence-corrected chi connectivity index (χ3v) is 5.27. The Labute approximate surface area is 170 Å². The molecule has 0 saturated heterocycles. The number of aromatic nitrogens is 4. The van der Waals surface area contributed by atoms with Crippen molar-refractivity contribution in [3.63, 3.8) is 0 Å². The summed E-state index contributed by atoms with van der Waals surface area (Å²) in [5, 5.41) is 13.8. The van der Waals surface area contributed by atoms with Crippen molar-refractivity contribution in [1.82, 2.24) is 18.9 Å².